The molecule has 3 fully saturated rings. The van der Waals surface area contributed by atoms with Crippen LogP contribution in [0.5, 0.6) is 0 Å². The van der Waals surface area contributed by atoms with Crippen LogP contribution in [0.4, 0.5) is 0 Å². The highest BCUT2D eigenvalue weighted by atomic mass is 16.5. The molecular formula is C16H26N2O3. The van der Waals surface area contributed by atoms with Crippen molar-refractivity contribution in [1.29, 1.82) is 0 Å². The highest BCUT2D eigenvalue weighted by molar-refractivity contribution is 5.78. The van der Waals surface area contributed by atoms with Crippen molar-refractivity contribution in [3.8, 4) is 0 Å². The Bertz CT molecular complexity index is 408. The van der Waals surface area contributed by atoms with E-state index in [9.17, 15) is 9.59 Å². The Morgan fingerprint density at radius 1 is 1.33 bits per heavy atom. The Morgan fingerprint density at radius 3 is 2.86 bits per heavy atom. The first kappa shape index (κ1) is 14.8. The van der Waals surface area contributed by atoms with E-state index in [0.717, 1.165) is 25.3 Å². The Morgan fingerprint density at radius 2 is 2.14 bits per heavy atom. The molecule has 0 radical (unpaired) electrons. The first-order valence-corrected chi connectivity index (χ1v) is 8.26. The maximum Gasteiger partial charge on any atom is 0.248 e. The van der Waals surface area contributed by atoms with Crippen LogP contribution in [-0.4, -0.2) is 61.0 Å². The van der Waals surface area contributed by atoms with Gasteiger partial charge in [0.15, 0.2) is 0 Å². The van der Waals surface area contributed by atoms with Crippen LogP contribution >= 0.6 is 0 Å². The molecule has 0 N–H and O–H groups in total. The summed E-state index contributed by atoms with van der Waals surface area (Å²) in [6.07, 6.45) is 6.59. The summed E-state index contributed by atoms with van der Waals surface area (Å²) in [6.45, 7) is 2.32. The molecule has 118 valence electrons. The van der Waals surface area contributed by atoms with Gasteiger partial charge in [-0.05, 0) is 18.8 Å². The molecule has 0 aromatic carbocycles. The van der Waals surface area contributed by atoms with Gasteiger partial charge < -0.3 is 14.5 Å². The first-order valence-electron chi connectivity index (χ1n) is 8.26. The van der Waals surface area contributed by atoms with Crippen LogP contribution in [-0.2, 0) is 14.3 Å². The van der Waals surface area contributed by atoms with Crippen molar-refractivity contribution in [3.63, 3.8) is 0 Å². The molecule has 3 aliphatic rings. The normalized spacial score (nSPS) is 30.6. The van der Waals surface area contributed by atoms with E-state index in [1.165, 1.54) is 19.3 Å². The Labute approximate surface area is 126 Å². The third kappa shape index (κ3) is 3.23. The maximum atomic E-state index is 12.4. The average Bonchev–Trinajstić information content (AvgIpc) is 2.57. The lowest BCUT2D eigenvalue weighted by Crippen LogP contribution is -2.54. The van der Waals surface area contributed by atoms with Crippen molar-refractivity contribution in [2.45, 2.75) is 44.6 Å². The largest absolute Gasteiger partial charge is 0.371 e. The Balaban J connectivity index is 1.55. The molecule has 2 atom stereocenters. The van der Waals surface area contributed by atoms with Crippen molar-refractivity contribution in [1.82, 2.24) is 9.80 Å². The van der Waals surface area contributed by atoms with Crippen LogP contribution in [0.25, 0.3) is 0 Å². The van der Waals surface area contributed by atoms with E-state index < -0.39 is 0 Å². The number of likely N-dealkylation sites (tertiary alicyclic amines) is 1. The van der Waals surface area contributed by atoms with E-state index in [4.69, 9.17) is 4.74 Å². The van der Waals surface area contributed by atoms with Gasteiger partial charge in [-0.25, -0.2) is 0 Å². The van der Waals surface area contributed by atoms with Gasteiger partial charge in [0.2, 0.25) is 11.8 Å². The Hall–Kier alpha value is -1.10. The van der Waals surface area contributed by atoms with E-state index in [-0.39, 0.29) is 24.5 Å². The second-order valence-electron chi connectivity index (χ2n) is 6.81. The molecule has 2 heterocycles. The van der Waals surface area contributed by atoms with Crippen LogP contribution in [0.15, 0.2) is 0 Å². The molecule has 0 unspecified atom stereocenters. The molecular weight excluding hydrogens is 268 g/mol. The van der Waals surface area contributed by atoms with Gasteiger partial charge >= 0.3 is 0 Å². The van der Waals surface area contributed by atoms with Gasteiger partial charge in [-0.1, -0.05) is 19.3 Å². The molecule has 1 aliphatic carbocycles. The molecule has 5 nitrogen and oxygen atoms in total. The number of hydrogen-bond acceptors (Lipinski definition) is 3. The third-order valence-corrected chi connectivity index (χ3v) is 5.51. The van der Waals surface area contributed by atoms with Gasteiger partial charge in [0, 0.05) is 32.5 Å². The number of carbonyl (C=O) groups is 2. The van der Waals surface area contributed by atoms with Crippen molar-refractivity contribution >= 4 is 11.8 Å². The summed E-state index contributed by atoms with van der Waals surface area (Å²) in [5, 5.41) is 0. The molecule has 5 heteroatoms. The van der Waals surface area contributed by atoms with Gasteiger partial charge in [-0.15, -0.1) is 0 Å². The molecule has 1 saturated carbocycles. The quantitative estimate of drug-likeness (QED) is 0.787. The van der Waals surface area contributed by atoms with Crippen molar-refractivity contribution in [2.75, 3.05) is 33.4 Å². The van der Waals surface area contributed by atoms with Gasteiger partial charge in [-0.3, -0.25) is 9.59 Å². The van der Waals surface area contributed by atoms with Gasteiger partial charge in [0.1, 0.15) is 6.61 Å². The maximum absolute atomic E-state index is 12.4. The summed E-state index contributed by atoms with van der Waals surface area (Å²) in [5.41, 5.74) is 0. The predicted octanol–water partition coefficient (Wildman–Crippen LogP) is 1.27. The zero-order chi connectivity index (χ0) is 14.8. The minimum Gasteiger partial charge on any atom is -0.371 e. The average molecular weight is 294 g/mol. The van der Waals surface area contributed by atoms with Crippen molar-refractivity contribution in [2.24, 2.45) is 11.8 Å². The molecule has 0 spiro atoms. The minimum atomic E-state index is 0.0336. The fourth-order valence-electron chi connectivity index (χ4n) is 3.69. The number of nitrogens with zero attached hydrogens (tertiary/aromatic N) is 2. The second-order valence-corrected chi connectivity index (χ2v) is 6.81. The second kappa shape index (κ2) is 6.34. The van der Waals surface area contributed by atoms with Crippen LogP contribution in [0, 0.1) is 11.8 Å². The van der Waals surface area contributed by atoms with Crippen LogP contribution in [0.3, 0.4) is 0 Å². The fraction of sp³-hybridized carbons (Fsp3) is 0.875. The van der Waals surface area contributed by atoms with Gasteiger partial charge in [-0.2, -0.15) is 0 Å². The van der Waals surface area contributed by atoms with Crippen LogP contribution < -0.4 is 0 Å². The summed E-state index contributed by atoms with van der Waals surface area (Å²) in [6, 6.07) is 0.126. The zero-order valence-corrected chi connectivity index (χ0v) is 12.9. The monoisotopic (exact) mass is 294 g/mol. The number of amides is 2. The molecule has 0 bridgehead atoms. The highest BCUT2D eigenvalue weighted by Gasteiger charge is 2.37. The summed E-state index contributed by atoms with van der Waals surface area (Å²) < 4.78 is 5.45. The van der Waals surface area contributed by atoms with E-state index >= 15 is 0 Å². The van der Waals surface area contributed by atoms with E-state index in [1.54, 1.807) is 4.90 Å². The zero-order valence-electron chi connectivity index (χ0n) is 12.9. The molecule has 2 aliphatic heterocycles. The number of piperidine rings is 1. The lowest BCUT2D eigenvalue weighted by molar-refractivity contribution is -0.139. The van der Waals surface area contributed by atoms with Crippen molar-refractivity contribution in [3.05, 3.63) is 0 Å². The summed E-state index contributed by atoms with van der Waals surface area (Å²) in [4.78, 5) is 28.0. The lowest BCUT2D eigenvalue weighted by Gasteiger charge is -2.41. The first-order chi connectivity index (χ1) is 10.1. The molecule has 3 rings (SSSR count). The topological polar surface area (TPSA) is 49.9 Å². The molecule has 0 aromatic heterocycles. The molecule has 2 saturated heterocycles. The fourth-order valence-corrected chi connectivity index (χ4v) is 3.69. The molecule has 21 heavy (non-hydrogen) atoms. The summed E-state index contributed by atoms with van der Waals surface area (Å²) in [5.74, 6) is 1.46. The number of fused-ring (bicyclic) bond motifs is 1. The standard InChI is InChI=1S/C16H26N2O3/c1-17-14-9-18(15(19)6-5-12-3-2-4-12)8-7-13(14)10-21-11-16(17)20/h12-14H,2-11H2,1H3/t13-,14-/m0/s1. The summed E-state index contributed by atoms with van der Waals surface area (Å²) in [7, 11) is 1.84. The van der Waals surface area contributed by atoms with E-state index in [2.05, 4.69) is 0 Å². The smallest absolute Gasteiger partial charge is 0.248 e. The third-order valence-electron chi connectivity index (χ3n) is 5.51. The van der Waals surface area contributed by atoms with Crippen LogP contribution in [0.2, 0.25) is 0 Å². The number of rotatable bonds is 3. The minimum absolute atomic E-state index is 0.0336. The predicted molar refractivity (Wildman–Crippen MR) is 78.6 cm³/mol. The van der Waals surface area contributed by atoms with Gasteiger partial charge in [0.25, 0.3) is 0 Å². The SMILES string of the molecule is CN1C(=O)COC[C@@H]2CCN(C(=O)CCC3CCC3)C[C@@H]21. The molecule has 0 aromatic rings. The van der Waals surface area contributed by atoms with Gasteiger partial charge in [0.05, 0.1) is 12.6 Å². The van der Waals surface area contributed by atoms with Crippen molar-refractivity contribution < 1.29 is 14.3 Å². The lowest BCUT2D eigenvalue weighted by atomic mass is 9.82. The number of hydrogen-bond donors (Lipinski definition) is 0. The van der Waals surface area contributed by atoms with E-state index in [1.807, 2.05) is 11.9 Å². The Kier molecular flexibility index (Phi) is 4.48. The number of ether oxygens (including phenoxy) is 1. The van der Waals surface area contributed by atoms with E-state index in [0.29, 0.717) is 25.5 Å². The summed E-state index contributed by atoms with van der Waals surface area (Å²) >= 11 is 0. The molecule has 2 amide bonds. The number of likely N-dealkylation sites (N-methyl/N-ethyl adjacent to an activating group) is 1. The number of carbonyl (C=O) groups excluding carboxylic acids is 2. The van der Waals surface area contributed by atoms with Crippen LogP contribution in [0.1, 0.15) is 38.5 Å². The highest BCUT2D eigenvalue weighted by Crippen LogP contribution is 2.31.